The summed E-state index contributed by atoms with van der Waals surface area (Å²) in [6.45, 7) is 4.01. The fraction of sp³-hybridized carbons (Fsp3) is 0.556. The molecular formula is C18H22N4O2S. The van der Waals surface area contributed by atoms with E-state index < -0.39 is 0 Å². The Labute approximate surface area is 150 Å². The van der Waals surface area contributed by atoms with Crippen molar-refractivity contribution in [2.75, 3.05) is 13.1 Å². The molecule has 0 bridgehead atoms. The average molecular weight is 358 g/mol. The van der Waals surface area contributed by atoms with Crippen LogP contribution in [0.3, 0.4) is 0 Å². The van der Waals surface area contributed by atoms with Crippen LogP contribution in [0.4, 0.5) is 0 Å². The van der Waals surface area contributed by atoms with Crippen molar-refractivity contribution in [3.05, 3.63) is 43.8 Å². The number of hydrogen-bond acceptors (Lipinski definition) is 5. The van der Waals surface area contributed by atoms with Crippen LogP contribution in [0.1, 0.15) is 45.9 Å². The lowest BCUT2D eigenvalue weighted by atomic mass is 9.96. The highest BCUT2D eigenvalue weighted by Crippen LogP contribution is 2.23. The first-order chi connectivity index (χ1) is 12.1. The number of nitrogens with zero attached hydrogens (tertiary/aromatic N) is 4. The lowest BCUT2D eigenvalue weighted by molar-refractivity contribution is 0.0684. The van der Waals surface area contributed by atoms with Gasteiger partial charge in [0.15, 0.2) is 0 Å². The molecule has 0 saturated carbocycles. The van der Waals surface area contributed by atoms with Crippen molar-refractivity contribution < 1.29 is 4.79 Å². The Bertz CT molecular complexity index is 849. The predicted molar refractivity (Wildman–Crippen MR) is 96.0 cm³/mol. The first-order valence-corrected chi connectivity index (χ1v) is 9.79. The number of aryl methyl sites for hydroxylation is 3. The van der Waals surface area contributed by atoms with Crippen LogP contribution in [0.15, 0.2) is 16.4 Å². The Morgan fingerprint density at radius 1 is 1.32 bits per heavy atom. The van der Waals surface area contributed by atoms with Crippen LogP contribution >= 0.6 is 11.3 Å². The van der Waals surface area contributed by atoms with Gasteiger partial charge in [0.2, 0.25) is 0 Å². The van der Waals surface area contributed by atoms with E-state index in [1.54, 1.807) is 16.3 Å². The van der Waals surface area contributed by atoms with E-state index in [9.17, 15) is 9.59 Å². The van der Waals surface area contributed by atoms with E-state index in [0.29, 0.717) is 12.5 Å². The summed E-state index contributed by atoms with van der Waals surface area (Å²) in [5.41, 5.74) is 4.77. The second kappa shape index (κ2) is 6.71. The zero-order valence-electron chi connectivity index (χ0n) is 14.4. The molecule has 0 atom stereocenters. The predicted octanol–water partition coefficient (Wildman–Crippen LogP) is 2.05. The first kappa shape index (κ1) is 16.4. The van der Waals surface area contributed by atoms with E-state index in [0.717, 1.165) is 67.0 Å². The zero-order chi connectivity index (χ0) is 17.4. The van der Waals surface area contributed by atoms with Gasteiger partial charge in [-0.15, -0.1) is 11.3 Å². The summed E-state index contributed by atoms with van der Waals surface area (Å²) in [4.78, 5) is 31.6. The topological polar surface area (TPSA) is 68.1 Å². The van der Waals surface area contributed by atoms with Crippen molar-refractivity contribution in [1.29, 1.82) is 0 Å². The summed E-state index contributed by atoms with van der Waals surface area (Å²) in [5.74, 6) is 0.488. The zero-order valence-corrected chi connectivity index (χ0v) is 15.2. The van der Waals surface area contributed by atoms with E-state index in [4.69, 9.17) is 0 Å². The molecule has 6 nitrogen and oxygen atoms in total. The maximum Gasteiger partial charge on any atom is 0.267 e. The van der Waals surface area contributed by atoms with Crippen molar-refractivity contribution >= 4 is 17.2 Å². The summed E-state index contributed by atoms with van der Waals surface area (Å²) in [5, 5.41) is 4.57. The summed E-state index contributed by atoms with van der Waals surface area (Å²) < 4.78 is 1.64. The largest absolute Gasteiger partial charge is 0.338 e. The fourth-order valence-corrected chi connectivity index (χ4v) is 4.55. The molecule has 1 aliphatic carbocycles. The van der Waals surface area contributed by atoms with E-state index in [2.05, 4.69) is 10.1 Å². The van der Waals surface area contributed by atoms with Crippen LogP contribution in [-0.4, -0.2) is 38.7 Å². The van der Waals surface area contributed by atoms with Crippen LogP contribution < -0.4 is 5.56 Å². The summed E-state index contributed by atoms with van der Waals surface area (Å²) in [7, 11) is 0. The van der Waals surface area contributed by atoms with Crippen molar-refractivity contribution in [3.63, 3.8) is 0 Å². The van der Waals surface area contributed by atoms with Gasteiger partial charge in [-0.2, -0.15) is 5.10 Å². The molecule has 4 rings (SSSR count). The highest BCUT2D eigenvalue weighted by atomic mass is 32.1. The van der Waals surface area contributed by atoms with Gasteiger partial charge in [-0.1, -0.05) is 0 Å². The first-order valence-electron chi connectivity index (χ1n) is 8.91. The maximum atomic E-state index is 12.6. The van der Waals surface area contributed by atoms with Crippen molar-refractivity contribution in [3.8, 4) is 0 Å². The summed E-state index contributed by atoms with van der Waals surface area (Å²) in [6.07, 6.45) is 4.89. The minimum atomic E-state index is 0.0134. The molecule has 0 unspecified atom stereocenters. The van der Waals surface area contributed by atoms with E-state index in [1.165, 1.54) is 11.3 Å². The highest BCUT2D eigenvalue weighted by molar-refractivity contribution is 7.11. The molecule has 0 N–H and O–H groups in total. The highest BCUT2D eigenvalue weighted by Gasteiger charge is 2.26. The Balaban J connectivity index is 1.39. The SMILES string of the molecule is Cc1ncsc1C(=O)N1CCC(Cn2nc3c(cc2=O)CCC3)CC1. The number of piperidine rings is 1. The van der Waals surface area contributed by atoms with Crippen LogP contribution in [-0.2, 0) is 19.4 Å². The molecule has 3 heterocycles. The van der Waals surface area contributed by atoms with Crippen LogP contribution in [0.2, 0.25) is 0 Å². The van der Waals surface area contributed by atoms with Gasteiger partial charge < -0.3 is 4.90 Å². The standard InChI is InChI=1S/C18H22N4O2S/c1-12-17(25-11-19-12)18(24)21-7-5-13(6-8-21)10-22-16(23)9-14-3-2-4-15(14)20-22/h9,11,13H,2-8,10H2,1H3. The summed E-state index contributed by atoms with van der Waals surface area (Å²) in [6, 6.07) is 1.76. The Morgan fingerprint density at radius 3 is 2.84 bits per heavy atom. The molecule has 1 saturated heterocycles. The van der Waals surface area contributed by atoms with Gasteiger partial charge >= 0.3 is 0 Å². The summed E-state index contributed by atoms with van der Waals surface area (Å²) >= 11 is 1.41. The third-order valence-electron chi connectivity index (χ3n) is 5.30. The molecule has 1 aliphatic heterocycles. The number of aromatic nitrogens is 3. The van der Waals surface area contributed by atoms with Crippen LogP contribution in [0.5, 0.6) is 0 Å². The average Bonchev–Trinajstić information content (AvgIpc) is 3.23. The normalized spacial score (nSPS) is 17.7. The second-order valence-electron chi connectivity index (χ2n) is 6.99. The smallest absolute Gasteiger partial charge is 0.267 e. The Kier molecular flexibility index (Phi) is 4.41. The van der Waals surface area contributed by atoms with Crippen molar-refractivity contribution in [1.82, 2.24) is 19.7 Å². The quantitative estimate of drug-likeness (QED) is 0.842. The van der Waals surface area contributed by atoms with Crippen molar-refractivity contribution in [2.24, 2.45) is 5.92 Å². The Morgan fingerprint density at radius 2 is 2.12 bits per heavy atom. The number of carbonyl (C=O) groups excluding carboxylic acids is 1. The van der Waals surface area contributed by atoms with Crippen LogP contribution in [0, 0.1) is 12.8 Å². The molecule has 132 valence electrons. The molecule has 7 heteroatoms. The molecule has 1 fully saturated rings. The fourth-order valence-electron chi connectivity index (χ4n) is 3.78. The number of amides is 1. The van der Waals surface area contributed by atoms with Crippen molar-refractivity contribution in [2.45, 2.75) is 45.6 Å². The molecule has 2 aliphatic rings. The Hall–Kier alpha value is -2.02. The van der Waals surface area contributed by atoms with E-state index in [-0.39, 0.29) is 11.5 Å². The number of thiazole rings is 1. The third kappa shape index (κ3) is 3.25. The lowest BCUT2D eigenvalue weighted by Crippen LogP contribution is -2.40. The number of likely N-dealkylation sites (tertiary alicyclic amines) is 1. The monoisotopic (exact) mass is 358 g/mol. The number of carbonyl (C=O) groups is 1. The van der Waals surface area contributed by atoms with E-state index >= 15 is 0 Å². The molecule has 25 heavy (non-hydrogen) atoms. The maximum absolute atomic E-state index is 12.6. The molecule has 2 aromatic heterocycles. The van der Waals surface area contributed by atoms with Gasteiger partial charge in [-0.25, -0.2) is 9.67 Å². The minimum absolute atomic E-state index is 0.0134. The van der Waals surface area contributed by atoms with Gasteiger partial charge in [-0.3, -0.25) is 9.59 Å². The molecule has 0 spiro atoms. The van der Waals surface area contributed by atoms with Gasteiger partial charge in [0.1, 0.15) is 4.88 Å². The van der Waals surface area contributed by atoms with Gasteiger partial charge in [0.05, 0.1) is 16.9 Å². The van der Waals surface area contributed by atoms with Crippen LogP contribution in [0.25, 0.3) is 0 Å². The van der Waals surface area contributed by atoms with Gasteiger partial charge in [-0.05, 0) is 50.5 Å². The molecule has 2 aromatic rings. The number of hydrogen-bond donors (Lipinski definition) is 0. The second-order valence-corrected chi connectivity index (χ2v) is 7.85. The molecule has 1 amide bonds. The lowest BCUT2D eigenvalue weighted by Gasteiger charge is -2.31. The third-order valence-corrected chi connectivity index (χ3v) is 6.21. The number of fused-ring (bicyclic) bond motifs is 1. The van der Waals surface area contributed by atoms with Gasteiger partial charge in [0.25, 0.3) is 11.5 Å². The van der Waals surface area contributed by atoms with Gasteiger partial charge in [0, 0.05) is 25.7 Å². The number of rotatable bonds is 3. The molecule has 0 aromatic carbocycles. The molecular weight excluding hydrogens is 336 g/mol. The molecule has 0 radical (unpaired) electrons. The minimum Gasteiger partial charge on any atom is -0.338 e. The van der Waals surface area contributed by atoms with E-state index in [1.807, 2.05) is 11.8 Å².